The first kappa shape index (κ1) is 13.2. The zero-order valence-corrected chi connectivity index (χ0v) is 11.4. The number of nitrogens with one attached hydrogen (secondary N) is 1. The fourth-order valence-electron chi connectivity index (χ4n) is 2.08. The van der Waals surface area contributed by atoms with Crippen LogP contribution in [0.1, 0.15) is 19.8 Å². The molecule has 2 rings (SSSR count). The highest BCUT2D eigenvalue weighted by molar-refractivity contribution is 7.91. The molecule has 1 aliphatic heterocycles. The topological polar surface area (TPSA) is 55.4 Å². The number of hydrogen-bond donors (Lipinski definition) is 1. The molecule has 4 nitrogen and oxygen atoms in total. The Hall–Kier alpha value is -1.23. The number of rotatable bonds is 4. The molecule has 0 spiro atoms. The van der Waals surface area contributed by atoms with Crippen molar-refractivity contribution < 1.29 is 13.2 Å². The van der Waals surface area contributed by atoms with Gasteiger partial charge in [-0.3, -0.25) is 0 Å². The summed E-state index contributed by atoms with van der Waals surface area (Å²) in [7, 11) is -2.78. The zero-order chi connectivity index (χ0) is 13.0. The number of ether oxygens (including phenoxy) is 1. The largest absolute Gasteiger partial charge is 0.494 e. The van der Waals surface area contributed by atoms with Crippen molar-refractivity contribution in [3.05, 3.63) is 24.3 Å². The highest BCUT2D eigenvalue weighted by atomic mass is 32.2. The van der Waals surface area contributed by atoms with Crippen LogP contribution in [0.25, 0.3) is 0 Å². The van der Waals surface area contributed by atoms with E-state index >= 15 is 0 Å². The van der Waals surface area contributed by atoms with Gasteiger partial charge in [0.15, 0.2) is 0 Å². The van der Waals surface area contributed by atoms with Crippen molar-refractivity contribution in [1.82, 2.24) is 0 Å². The van der Waals surface area contributed by atoms with Gasteiger partial charge in [0.05, 0.1) is 18.1 Å². The van der Waals surface area contributed by atoms with Gasteiger partial charge < -0.3 is 10.1 Å². The van der Waals surface area contributed by atoms with Crippen molar-refractivity contribution in [1.29, 1.82) is 0 Å². The van der Waals surface area contributed by atoms with E-state index < -0.39 is 9.84 Å². The van der Waals surface area contributed by atoms with Crippen molar-refractivity contribution in [2.24, 2.45) is 0 Å². The molecule has 100 valence electrons. The molecule has 1 aromatic carbocycles. The van der Waals surface area contributed by atoms with Crippen LogP contribution in [0.2, 0.25) is 0 Å². The van der Waals surface area contributed by atoms with Crippen LogP contribution >= 0.6 is 0 Å². The van der Waals surface area contributed by atoms with Crippen molar-refractivity contribution in [2.75, 3.05) is 23.4 Å². The molecule has 1 N–H and O–H groups in total. The Bertz CT molecular complexity index is 467. The van der Waals surface area contributed by atoms with Gasteiger partial charge >= 0.3 is 0 Å². The average Bonchev–Trinajstić information content (AvgIpc) is 2.35. The summed E-state index contributed by atoms with van der Waals surface area (Å²) in [4.78, 5) is 0. The van der Waals surface area contributed by atoms with Crippen LogP contribution in [0.15, 0.2) is 24.3 Å². The standard InChI is InChI=1S/C13H19NO3S/c1-2-17-13-5-3-11(4-6-13)14-12-7-9-18(15,16)10-8-12/h3-6,12,14H,2,7-10H2,1H3. The van der Waals surface area contributed by atoms with Crippen molar-refractivity contribution in [3.63, 3.8) is 0 Å². The molecule has 1 aliphatic rings. The average molecular weight is 269 g/mol. The second kappa shape index (κ2) is 5.61. The summed E-state index contributed by atoms with van der Waals surface area (Å²) in [5.41, 5.74) is 1.02. The Morgan fingerprint density at radius 2 is 1.83 bits per heavy atom. The maximum atomic E-state index is 11.3. The van der Waals surface area contributed by atoms with Gasteiger partial charge in [0.1, 0.15) is 15.6 Å². The first-order chi connectivity index (χ1) is 8.59. The maximum absolute atomic E-state index is 11.3. The van der Waals surface area contributed by atoms with Crippen LogP contribution in [0.4, 0.5) is 5.69 Å². The van der Waals surface area contributed by atoms with Crippen LogP contribution in [0.5, 0.6) is 5.75 Å². The molecule has 0 aliphatic carbocycles. The smallest absolute Gasteiger partial charge is 0.150 e. The van der Waals surface area contributed by atoms with Crippen LogP contribution in [0.3, 0.4) is 0 Å². The normalized spacial score (nSPS) is 19.4. The van der Waals surface area contributed by atoms with Crippen LogP contribution < -0.4 is 10.1 Å². The van der Waals surface area contributed by atoms with Gasteiger partial charge in [-0.1, -0.05) is 0 Å². The SMILES string of the molecule is CCOc1ccc(NC2CCS(=O)(=O)CC2)cc1. The molecule has 1 heterocycles. The number of hydrogen-bond acceptors (Lipinski definition) is 4. The Morgan fingerprint density at radius 1 is 1.22 bits per heavy atom. The molecule has 0 atom stereocenters. The maximum Gasteiger partial charge on any atom is 0.150 e. The van der Waals surface area contributed by atoms with E-state index in [1.165, 1.54) is 0 Å². The fourth-order valence-corrected chi connectivity index (χ4v) is 3.58. The van der Waals surface area contributed by atoms with Gasteiger partial charge in [0, 0.05) is 11.7 Å². The summed E-state index contributed by atoms with van der Waals surface area (Å²) in [5, 5.41) is 3.37. The fraction of sp³-hybridized carbons (Fsp3) is 0.538. The van der Waals surface area contributed by atoms with E-state index in [0.717, 1.165) is 11.4 Å². The monoisotopic (exact) mass is 269 g/mol. The van der Waals surface area contributed by atoms with Crippen molar-refractivity contribution in [3.8, 4) is 5.75 Å². The molecule has 0 aromatic heterocycles. The third-order valence-electron chi connectivity index (χ3n) is 3.09. The van der Waals surface area contributed by atoms with E-state index in [1.54, 1.807) is 0 Å². The van der Waals surface area contributed by atoms with Gasteiger partial charge in [-0.2, -0.15) is 0 Å². The first-order valence-electron chi connectivity index (χ1n) is 6.29. The van der Waals surface area contributed by atoms with E-state index in [1.807, 2.05) is 31.2 Å². The lowest BCUT2D eigenvalue weighted by Gasteiger charge is -2.24. The van der Waals surface area contributed by atoms with E-state index in [2.05, 4.69) is 5.32 Å². The second-order valence-corrected chi connectivity index (χ2v) is 6.83. The zero-order valence-electron chi connectivity index (χ0n) is 10.6. The van der Waals surface area contributed by atoms with Gasteiger partial charge in [0.2, 0.25) is 0 Å². The summed E-state index contributed by atoms with van der Waals surface area (Å²) in [6.45, 7) is 2.61. The molecular formula is C13H19NO3S. The molecule has 0 amide bonds. The van der Waals surface area contributed by atoms with Gasteiger partial charge in [-0.05, 0) is 44.0 Å². The first-order valence-corrected chi connectivity index (χ1v) is 8.11. The van der Waals surface area contributed by atoms with Gasteiger partial charge in [-0.15, -0.1) is 0 Å². The molecule has 0 bridgehead atoms. The van der Waals surface area contributed by atoms with E-state index in [4.69, 9.17) is 4.74 Å². The number of anilines is 1. The minimum atomic E-state index is -2.78. The quantitative estimate of drug-likeness (QED) is 0.909. The minimum Gasteiger partial charge on any atom is -0.494 e. The molecule has 1 aromatic rings. The van der Waals surface area contributed by atoms with Crippen molar-refractivity contribution >= 4 is 15.5 Å². The highest BCUT2D eigenvalue weighted by Gasteiger charge is 2.23. The minimum absolute atomic E-state index is 0.256. The molecular weight excluding hydrogens is 250 g/mol. The predicted octanol–water partition coefficient (Wildman–Crippen LogP) is 2.07. The number of sulfone groups is 1. The Balaban J connectivity index is 1.90. The third kappa shape index (κ3) is 3.63. The predicted molar refractivity (Wildman–Crippen MR) is 72.9 cm³/mol. The van der Waals surface area contributed by atoms with E-state index in [9.17, 15) is 8.42 Å². The molecule has 1 saturated heterocycles. The summed E-state index contributed by atoms with van der Waals surface area (Å²) in [6, 6.07) is 8.03. The van der Waals surface area contributed by atoms with E-state index in [0.29, 0.717) is 31.0 Å². The Kier molecular flexibility index (Phi) is 4.11. The summed E-state index contributed by atoms with van der Waals surface area (Å²) in [5.74, 6) is 1.44. The molecule has 0 unspecified atom stereocenters. The Morgan fingerprint density at radius 3 is 2.39 bits per heavy atom. The molecule has 18 heavy (non-hydrogen) atoms. The molecule has 5 heteroatoms. The van der Waals surface area contributed by atoms with Crippen LogP contribution in [-0.2, 0) is 9.84 Å². The second-order valence-electron chi connectivity index (χ2n) is 4.53. The van der Waals surface area contributed by atoms with Gasteiger partial charge in [-0.25, -0.2) is 8.42 Å². The Labute approximate surface area is 108 Å². The van der Waals surface area contributed by atoms with Crippen LogP contribution in [0, 0.1) is 0 Å². The summed E-state index contributed by atoms with van der Waals surface area (Å²) in [6.07, 6.45) is 1.38. The third-order valence-corrected chi connectivity index (χ3v) is 4.81. The lowest BCUT2D eigenvalue weighted by molar-refractivity contribution is 0.340. The molecule has 0 radical (unpaired) electrons. The summed E-state index contributed by atoms with van der Waals surface area (Å²) >= 11 is 0. The van der Waals surface area contributed by atoms with Crippen molar-refractivity contribution in [2.45, 2.75) is 25.8 Å². The molecule has 1 fully saturated rings. The highest BCUT2D eigenvalue weighted by Crippen LogP contribution is 2.20. The lowest BCUT2D eigenvalue weighted by Crippen LogP contribution is -2.32. The lowest BCUT2D eigenvalue weighted by atomic mass is 10.1. The number of benzene rings is 1. The van der Waals surface area contributed by atoms with E-state index in [-0.39, 0.29) is 6.04 Å². The van der Waals surface area contributed by atoms with Crippen LogP contribution in [-0.4, -0.2) is 32.6 Å². The summed E-state index contributed by atoms with van der Waals surface area (Å²) < 4.78 is 28.0. The van der Waals surface area contributed by atoms with Gasteiger partial charge in [0.25, 0.3) is 0 Å². The molecule has 0 saturated carbocycles.